The van der Waals surface area contributed by atoms with Crippen LogP contribution in [0.2, 0.25) is 0 Å². The Kier molecular flexibility index (Phi) is 4.89. The highest BCUT2D eigenvalue weighted by atomic mass is 16.4. The third-order valence-corrected chi connectivity index (χ3v) is 2.68. The number of nitrogens with one attached hydrogen (secondary N) is 2. The number of rotatable bonds is 6. The van der Waals surface area contributed by atoms with Crippen LogP contribution in [0.1, 0.15) is 19.3 Å². The molecule has 1 saturated heterocycles. The lowest BCUT2D eigenvalue weighted by Gasteiger charge is -2.14. The fourth-order valence-electron chi connectivity index (χ4n) is 1.81. The van der Waals surface area contributed by atoms with Crippen LogP contribution in [0.15, 0.2) is 0 Å². The van der Waals surface area contributed by atoms with Gasteiger partial charge < -0.3 is 21.5 Å². The first kappa shape index (κ1) is 13.4. The Morgan fingerprint density at radius 3 is 2.65 bits per heavy atom. The Balaban J connectivity index is 2.40. The van der Waals surface area contributed by atoms with E-state index in [1.807, 2.05) is 0 Å². The minimum atomic E-state index is -1.25. The van der Waals surface area contributed by atoms with Crippen molar-refractivity contribution >= 4 is 17.8 Å². The van der Waals surface area contributed by atoms with Gasteiger partial charge in [-0.05, 0) is 25.4 Å². The number of hydrogen-bond acceptors (Lipinski definition) is 4. The van der Waals surface area contributed by atoms with Crippen LogP contribution >= 0.6 is 0 Å². The van der Waals surface area contributed by atoms with Crippen LogP contribution < -0.4 is 16.4 Å². The van der Waals surface area contributed by atoms with E-state index in [0.29, 0.717) is 0 Å². The van der Waals surface area contributed by atoms with Crippen molar-refractivity contribution in [3.63, 3.8) is 0 Å². The zero-order valence-electron chi connectivity index (χ0n) is 9.44. The molecule has 1 heterocycles. The first-order valence-corrected chi connectivity index (χ1v) is 5.50. The molecule has 0 aromatic heterocycles. The maximum absolute atomic E-state index is 11.5. The Morgan fingerprint density at radius 2 is 2.18 bits per heavy atom. The molecular formula is C10H17N3O4. The summed E-state index contributed by atoms with van der Waals surface area (Å²) in [7, 11) is 0. The Hall–Kier alpha value is -1.63. The molecule has 2 amide bonds. The van der Waals surface area contributed by atoms with E-state index >= 15 is 0 Å². The number of hydrogen-bond donors (Lipinski definition) is 4. The standard InChI is InChI=1S/C10H17N3O4/c11-8(14)4-7(10(16)17)13-9(15)3-6-1-2-12-5-6/h6-7,12H,1-5H2,(H2,11,14)(H,13,15)(H,16,17)/t6?,7-/m0/s1. The monoisotopic (exact) mass is 243 g/mol. The van der Waals surface area contributed by atoms with E-state index in [1.54, 1.807) is 0 Å². The molecule has 2 atom stereocenters. The van der Waals surface area contributed by atoms with Crippen molar-refractivity contribution in [3.05, 3.63) is 0 Å². The summed E-state index contributed by atoms with van der Waals surface area (Å²) in [6, 6.07) is -1.23. The highest BCUT2D eigenvalue weighted by Gasteiger charge is 2.24. The molecule has 0 aromatic rings. The van der Waals surface area contributed by atoms with Crippen molar-refractivity contribution in [1.82, 2.24) is 10.6 Å². The van der Waals surface area contributed by atoms with E-state index in [4.69, 9.17) is 10.8 Å². The minimum Gasteiger partial charge on any atom is -0.480 e. The quantitative estimate of drug-likeness (QED) is 0.449. The van der Waals surface area contributed by atoms with Crippen LogP contribution in [0.3, 0.4) is 0 Å². The number of amides is 2. The van der Waals surface area contributed by atoms with E-state index in [-0.39, 0.29) is 24.7 Å². The van der Waals surface area contributed by atoms with Crippen molar-refractivity contribution in [3.8, 4) is 0 Å². The highest BCUT2D eigenvalue weighted by molar-refractivity contribution is 5.88. The number of carboxylic acids is 1. The van der Waals surface area contributed by atoms with Gasteiger partial charge in [0.25, 0.3) is 0 Å². The summed E-state index contributed by atoms with van der Waals surface area (Å²) in [5.74, 6) is -2.12. The highest BCUT2D eigenvalue weighted by Crippen LogP contribution is 2.11. The van der Waals surface area contributed by atoms with Crippen LogP contribution in [-0.4, -0.2) is 42.0 Å². The van der Waals surface area contributed by atoms with Gasteiger partial charge in [0.2, 0.25) is 11.8 Å². The smallest absolute Gasteiger partial charge is 0.326 e. The van der Waals surface area contributed by atoms with Crippen molar-refractivity contribution in [1.29, 1.82) is 0 Å². The molecule has 0 spiro atoms. The number of primary amides is 1. The fourth-order valence-corrected chi connectivity index (χ4v) is 1.81. The zero-order valence-corrected chi connectivity index (χ0v) is 9.44. The van der Waals surface area contributed by atoms with Gasteiger partial charge in [0.1, 0.15) is 6.04 Å². The average Bonchev–Trinajstić information content (AvgIpc) is 2.68. The predicted octanol–water partition coefficient (Wildman–Crippen LogP) is -1.57. The predicted molar refractivity (Wildman–Crippen MR) is 59.0 cm³/mol. The van der Waals surface area contributed by atoms with Gasteiger partial charge >= 0.3 is 5.97 Å². The topological polar surface area (TPSA) is 122 Å². The first-order valence-electron chi connectivity index (χ1n) is 5.50. The zero-order chi connectivity index (χ0) is 12.8. The molecule has 0 aromatic carbocycles. The van der Waals surface area contributed by atoms with Crippen molar-refractivity contribution in [2.75, 3.05) is 13.1 Å². The SMILES string of the molecule is NC(=O)C[C@H](NC(=O)CC1CCNC1)C(=O)O. The summed E-state index contributed by atoms with van der Waals surface area (Å²) in [4.78, 5) is 33.0. The van der Waals surface area contributed by atoms with Crippen molar-refractivity contribution in [2.24, 2.45) is 11.7 Å². The van der Waals surface area contributed by atoms with E-state index < -0.39 is 17.9 Å². The number of nitrogens with two attached hydrogens (primary N) is 1. The molecule has 17 heavy (non-hydrogen) atoms. The number of carboxylic acid groups (broad SMARTS) is 1. The van der Waals surface area contributed by atoms with Crippen molar-refractivity contribution in [2.45, 2.75) is 25.3 Å². The van der Waals surface area contributed by atoms with Crippen LogP contribution in [0.4, 0.5) is 0 Å². The second-order valence-electron chi connectivity index (χ2n) is 4.19. The van der Waals surface area contributed by atoms with Crippen LogP contribution in [0.25, 0.3) is 0 Å². The largest absolute Gasteiger partial charge is 0.480 e. The Morgan fingerprint density at radius 1 is 1.47 bits per heavy atom. The van der Waals surface area contributed by atoms with Gasteiger partial charge in [-0.3, -0.25) is 9.59 Å². The Labute approximate surface area is 98.7 Å². The van der Waals surface area contributed by atoms with Crippen LogP contribution in [0, 0.1) is 5.92 Å². The molecular weight excluding hydrogens is 226 g/mol. The second kappa shape index (κ2) is 6.19. The number of aliphatic carboxylic acids is 1. The molecule has 1 aliphatic rings. The van der Waals surface area contributed by atoms with Gasteiger partial charge in [-0.1, -0.05) is 0 Å². The van der Waals surface area contributed by atoms with Gasteiger partial charge in [-0.25, -0.2) is 4.79 Å². The van der Waals surface area contributed by atoms with Gasteiger partial charge in [-0.15, -0.1) is 0 Å². The molecule has 1 fully saturated rings. The average molecular weight is 243 g/mol. The summed E-state index contributed by atoms with van der Waals surface area (Å²) in [6.45, 7) is 1.64. The molecule has 7 heteroatoms. The molecule has 0 radical (unpaired) electrons. The van der Waals surface area contributed by atoms with Gasteiger partial charge in [0.15, 0.2) is 0 Å². The van der Waals surface area contributed by atoms with E-state index in [1.165, 1.54) is 0 Å². The lowest BCUT2D eigenvalue weighted by Crippen LogP contribution is -2.43. The molecule has 96 valence electrons. The molecule has 0 aliphatic carbocycles. The van der Waals surface area contributed by atoms with E-state index in [9.17, 15) is 14.4 Å². The first-order chi connectivity index (χ1) is 7.99. The normalized spacial score (nSPS) is 20.8. The maximum Gasteiger partial charge on any atom is 0.326 e. The lowest BCUT2D eigenvalue weighted by atomic mass is 10.0. The summed E-state index contributed by atoms with van der Waals surface area (Å²) in [6.07, 6.45) is 0.792. The molecule has 0 saturated carbocycles. The molecule has 5 N–H and O–H groups in total. The third kappa shape index (κ3) is 4.81. The molecule has 0 bridgehead atoms. The van der Waals surface area contributed by atoms with Crippen molar-refractivity contribution < 1.29 is 19.5 Å². The maximum atomic E-state index is 11.5. The summed E-state index contributed by atoms with van der Waals surface area (Å²) in [5, 5.41) is 14.2. The molecule has 1 rings (SSSR count). The third-order valence-electron chi connectivity index (χ3n) is 2.68. The fraction of sp³-hybridized carbons (Fsp3) is 0.700. The van der Waals surface area contributed by atoms with E-state index in [0.717, 1.165) is 19.5 Å². The second-order valence-corrected chi connectivity index (χ2v) is 4.19. The summed E-state index contributed by atoms with van der Waals surface area (Å²) >= 11 is 0. The summed E-state index contributed by atoms with van der Waals surface area (Å²) in [5.41, 5.74) is 4.91. The van der Waals surface area contributed by atoms with Crippen LogP contribution in [0.5, 0.6) is 0 Å². The summed E-state index contributed by atoms with van der Waals surface area (Å²) < 4.78 is 0. The molecule has 1 unspecified atom stereocenters. The van der Waals surface area contributed by atoms with Crippen LogP contribution in [-0.2, 0) is 14.4 Å². The van der Waals surface area contributed by atoms with E-state index in [2.05, 4.69) is 10.6 Å². The van der Waals surface area contributed by atoms with Gasteiger partial charge in [0, 0.05) is 6.42 Å². The minimum absolute atomic E-state index is 0.234. The molecule has 7 nitrogen and oxygen atoms in total. The van der Waals surface area contributed by atoms with Gasteiger partial charge in [0.05, 0.1) is 6.42 Å². The lowest BCUT2D eigenvalue weighted by molar-refractivity contribution is -0.143. The molecule has 1 aliphatic heterocycles. The van der Waals surface area contributed by atoms with Gasteiger partial charge in [-0.2, -0.15) is 0 Å². The number of carbonyl (C=O) groups is 3. The number of carbonyl (C=O) groups excluding carboxylic acids is 2. The Bertz CT molecular complexity index is 313.